The van der Waals surface area contributed by atoms with Gasteiger partial charge in [0.1, 0.15) is 0 Å². The highest BCUT2D eigenvalue weighted by Gasteiger charge is 2.21. The van der Waals surface area contributed by atoms with Gasteiger partial charge in [-0.05, 0) is 32.2 Å². The number of likely N-dealkylation sites (tertiary alicyclic amines) is 1. The number of nitrogens with one attached hydrogen (secondary N) is 2. The van der Waals surface area contributed by atoms with Crippen molar-refractivity contribution >= 4 is 5.91 Å². The molecule has 0 spiro atoms. The molecule has 17 heavy (non-hydrogen) atoms. The van der Waals surface area contributed by atoms with Gasteiger partial charge in [0.15, 0.2) is 0 Å². The molecular weight excluding hydrogens is 214 g/mol. The highest BCUT2D eigenvalue weighted by atomic mass is 16.1. The first-order chi connectivity index (χ1) is 8.28. The molecule has 0 atom stereocenters. The fourth-order valence-electron chi connectivity index (χ4n) is 2.37. The molecule has 0 aromatic heterocycles. The van der Waals surface area contributed by atoms with E-state index in [9.17, 15) is 4.79 Å². The van der Waals surface area contributed by atoms with Crippen LogP contribution in [0.15, 0.2) is 0 Å². The molecule has 0 bridgehead atoms. The highest BCUT2D eigenvalue weighted by Crippen LogP contribution is 2.18. The summed E-state index contributed by atoms with van der Waals surface area (Å²) in [6, 6.07) is 1.11. The predicted molar refractivity (Wildman–Crippen MR) is 68.9 cm³/mol. The molecule has 0 aromatic carbocycles. The molecule has 0 aromatic rings. The summed E-state index contributed by atoms with van der Waals surface area (Å²) in [6.07, 6.45) is 5.42. The summed E-state index contributed by atoms with van der Waals surface area (Å²) >= 11 is 0. The lowest BCUT2D eigenvalue weighted by atomic mass is 10.1. The number of hydrogen-bond donors (Lipinski definition) is 2. The zero-order valence-corrected chi connectivity index (χ0v) is 10.9. The van der Waals surface area contributed by atoms with E-state index in [0.29, 0.717) is 18.5 Å². The summed E-state index contributed by atoms with van der Waals surface area (Å²) < 4.78 is 0. The summed E-state index contributed by atoms with van der Waals surface area (Å²) in [5, 5.41) is 6.52. The van der Waals surface area contributed by atoms with Crippen LogP contribution in [0, 0.1) is 0 Å². The first kappa shape index (κ1) is 12.8. The maximum absolute atomic E-state index is 11.7. The molecule has 0 unspecified atom stereocenters. The highest BCUT2D eigenvalue weighted by molar-refractivity contribution is 5.76. The lowest BCUT2D eigenvalue weighted by Crippen LogP contribution is -2.45. The number of amides is 1. The SMILES string of the molecule is CCN1CCC(NC(=O)CCNC2CC2)CC1. The van der Waals surface area contributed by atoms with Gasteiger partial charge in [0, 0.05) is 38.1 Å². The van der Waals surface area contributed by atoms with Crippen LogP contribution in [0.2, 0.25) is 0 Å². The minimum Gasteiger partial charge on any atom is -0.353 e. The molecule has 2 fully saturated rings. The molecule has 1 aliphatic heterocycles. The Balaban J connectivity index is 1.55. The van der Waals surface area contributed by atoms with Crippen LogP contribution in [0.4, 0.5) is 0 Å². The van der Waals surface area contributed by atoms with Crippen molar-refractivity contribution in [3.63, 3.8) is 0 Å². The second-order valence-corrected chi connectivity index (χ2v) is 5.25. The van der Waals surface area contributed by atoms with Crippen molar-refractivity contribution in [1.82, 2.24) is 15.5 Å². The molecular formula is C13H25N3O. The van der Waals surface area contributed by atoms with Gasteiger partial charge in [0.05, 0.1) is 0 Å². The molecule has 1 amide bonds. The van der Waals surface area contributed by atoms with Crippen LogP contribution < -0.4 is 10.6 Å². The van der Waals surface area contributed by atoms with E-state index < -0.39 is 0 Å². The molecule has 4 heteroatoms. The van der Waals surface area contributed by atoms with Crippen LogP contribution in [0.25, 0.3) is 0 Å². The number of hydrogen-bond acceptors (Lipinski definition) is 3. The fourth-order valence-corrected chi connectivity index (χ4v) is 2.37. The predicted octanol–water partition coefficient (Wildman–Crippen LogP) is 0.729. The molecule has 1 saturated heterocycles. The number of piperidine rings is 1. The number of carbonyl (C=O) groups excluding carboxylic acids is 1. The zero-order chi connectivity index (χ0) is 12.1. The normalized spacial score (nSPS) is 22.6. The summed E-state index contributed by atoms with van der Waals surface area (Å²) in [5.74, 6) is 0.216. The molecule has 2 N–H and O–H groups in total. The van der Waals surface area contributed by atoms with E-state index in [0.717, 1.165) is 39.0 Å². The molecule has 2 aliphatic rings. The third-order valence-electron chi connectivity index (χ3n) is 3.76. The van der Waals surface area contributed by atoms with E-state index in [-0.39, 0.29) is 5.91 Å². The van der Waals surface area contributed by atoms with Gasteiger partial charge >= 0.3 is 0 Å². The average Bonchev–Trinajstić information content (AvgIpc) is 3.14. The summed E-state index contributed by atoms with van der Waals surface area (Å²) in [4.78, 5) is 14.1. The Bertz CT molecular complexity index is 245. The Hall–Kier alpha value is -0.610. The molecule has 1 saturated carbocycles. The van der Waals surface area contributed by atoms with E-state index >= 15 is 0 Å². The fraction of sp³-hybridized carbons (Fsp3) is 0.923. The van der Waals surface area contributed by atoms with Crippen molar-refractivity contribution in [2.45, 2.75) is 51.1 Å². The molecule has 98 valence electrons. The van der Waals surface area contributed by atoms with E-state index in [2.05, 4.69) is 22.5 Å². The van der Waals surface area contributed by atoms with Gasteiger partial charge < -0.3 is 15.5 Å². The van der Waals surface area contributed by atoms with Gasteiger partial charge in [-0.2, -0.15) is 0 Å². The standard InChI is InChI=1S/C13H25N3O/c1-2-16-9-6-12(7-10-16)15-13(17)5-8-14-11-3-4-11/h11-12,14H,2-10H2,1H3,(H,15,17). The summed E-state index contributed by atoms with van der Waals surface area (Å²) in [7, 11) is 0. The Morgan fingerprint density at radius 1 is 1.18 bits per heavy atom. The van der Waals surface area contributed by atoms with Crippen molar-refractivity contribution in [2.24, 2.45) is 0 Å². The quantitative estimate of drug-likeness (QED) is 0.718. The molecule has 1 heterocycles. The molecule has 0 radical (unpaired) electrons. The molecule has 2 rings (SSSR count). The Morgan fingerprint density at radius 3 is 2.47 bits per heavy atom. The smallest absolute Gasteiger partial charge is 0.221 e. The first-order valence-electron chi connectivity index (χ1n) is 7.03. The maximum Gasteiger partial charge on any atom is 0.221 e. The van der Waals surface area contributed by atoms with Crippen LogP contribution in [0.3, 0.4) is 0 Å². The Kier molecular flexibility index (Phi) is 4.80. The number of nitrogens with zero attached hydrogens (tertiary/aromatic N) is 1. The van der Waals surface area contributed by atoms with Crippen LogP contribution >= 0.6 is 0 Å². The van der Waals surface area contributed by atoms with Crippen LogP contribution in [-0.4, -0.2) is 49.1 Å². The van der Waals surface area contributed by atoms with Crippen molar-refractivity contribution < 1.29 is 4.79 Å². The lowest BCUT2D eigenvalue weighted by Gasteiger charge is -2.31. The zero-order valence-electron chi connectivity index (χ0n) is 10.9. The number of carbonyl (C=O) groups is 1. The van der Waals surface area contributed by atoms with Gasteiger partial charge in [-0.15, -0.1) is 0 Å². The second-order valence-electron chi connectivity index (χ2n) is 5.25. The first-order valence-corrected chi connectivity index (χ1v) is 7.03. The van der Waals surface area contributed by atoms with Gasteiger partial charge in [-0.25, -0.2) is 0 Å². The summed E-state index contributed by atoms with van der Waals surface area (Å²) in [5.41, 5.74) is 0. The van der Waals surface area contributed by atoms with Gasteiger partial charge in [-0.3, -0.25) is 4.79 Å². The van der Waals surface area contributed by atoms with Crippen molar-refractivity contribution in [3.8, 4) is 0 Å². The third kappa shape index (κ3) is 4.64. The van der Waals surface area contributed by atoms with Crippen LogP contribution in [0.1, 0.15) is 39.0 Å². The lowest BCUT2D eigenvalue weighted by molar-refractivity contribution is -0.122. The van der Waals surface area contributed by atoms with Crippen molar-refractivity contribution in [2.75, 3.05) is 26.2 Å². The topological polar surface area (TPSA) is 44.4 Å². The van der Waals surface area contributed by atoms with E-state index in [1.54, 1.807) is 0 Å². The van der Waals surface area contributed by atoms with E-state index in [1.807, 2.05) is 0 Å². The van der Waals surface area contributed by atoms with Crippen LogP contribution in [-0.2, 0) is 4.79 Å². The molecule has 4 nitrogen and oxygen atoms in total. The second kappa shape index (κ2) is 6.36. The van der Waals surface area contributed by atoms with Crippen molar-refractivity contribution in [3.05, 3.63) is 0 Å². The average molecular weight is 239 g/mol. The van der Waals surface area contributed by atoms with Gasteiger partial charge in [0.25, 0.3) is 0 Å². The minimum atomic E-state index is 0.216. The Labute approximate surface area is 104 Å². The van der Waals surface area contributed by atoms with E-state index in [1.165, 1.54) is 12.8 Å². The Morgan fingerprint density at radius 2 is 1.88 bits per heavy atom. The molecule has 1 aliphatic carbocycles. The maximum atomic E-state index is 11.7. The van der Waals surface area contributed by atoms with Gasteiger partial charge in [0.2, 0.25) is 5.91 Å². The monoisotopic (exact) mass is 239 g/mol. The minimum absolute atomic E-state index is 0.216. The van der Waals surface area contributed by atoms with E-state index in [4.69, 9.17) is 0 Å². The van der Waals surface area contributed by atoms with Crippen molar-refractivity contribution in [1.29, 1.82) is 0 Å². The number of rotatable bonds is 6. The largest absolute Gasteiger partial charge is 0.353 e. The van der Waals surface area contributed by atoms with Gasteiger partial charge in [-0.1, -0.05) is 6.92 Å². The summed E-state index contributed by atoms with van der Waals surface area (Å²) in [6.45, 7) is 6.42. The van der Waals surface area contributed by atoms with Crippen LogP contribution in [0.5, 0.6) is 0 Å². The third-order valence-corrected chi connectivity index (χ3v) is 3.76.